The van der Waals surface area contributed by atoms with Gasteiger partial charge in [-0.2, -0.15) is 0 Å². The number of halogens is 1. The van der Waals surface area contributed by atoms with Crippen molar-refractivity contribution in [1.29, 1.82) is 0 Å². The van der Waals surface area contributed by atoms with E-state index in [1.165, 1.54) is 6.07 Å². The third-order valence-electron chi connectivity index (χ3n) is 3.38. The van der Waals surface area contributed by atoms with Crippen molar-refractivity contribution in [3.8, 4) is 0 Å². The van der Waals surface area contributed by atoms with Crippen molar-refractivity contribution in [2.45, 2.75) is 33.0 Å². The molecule has 0 radical (unpaired) electrons. The molecule has 1 N–H and O–H groups in total. The van der Waals surface area contributed by atoms with E-state index in [0.717, 1.165) is 11.3 Å². The molecule has 106 valence electrons. The zero-order valence-corrected chi connectivity index (χ0v) is 11.9. The van der Waals surface area contributed by atoms with E-state index in [-0.39, 0.29) is 18.5 Å². The number of aliphatic hydroxyl groups excluding tert-OH is 1. The van der Waals surface area contributed by atoms with E-state index in [4.69, 9.17) is 0 Å². The second-order valence-electron chi connectivity index (χ2n) is 5.10. The van der Waals surface area contributed by atoms with Gasteiger partial charge < -0.3 is 10.0 Å². The number of hydrogen-bond acceptors (Lipinski definition) is 2. The lowest BCUT2D eigenvalue weighted by atomic mass is 10.1. The zero-order valence-electron chi connectivity index (χ0n) is 11.9. The number of aliphatic hydroxyl groups is 1. The van der Waals surface area contributed by atoms with Crippen LogP contribution in [0.4, 0.5) is 10.1 Å². The summed E-state index contributed by atoms with van der Waals surface area (Å²) in [6.07, 6.45) is 0. The fourth-order valence-electron chi connectivity index (χ4n) is 2.30. The first-order chi connectivity index (χ1) is 9.63. The van der Waals surface area contributed by atoms with Gasteiger partial charge >= 0.3 is 0 Å². The summed E-state index contributed by atoms with van der Waals surface area (Å²) in [6, 6.07) is 15.2. The molecule has 0 aliphatic carbocycles. The van der Waals surface area contributed by atoms with Crippen molar-refractivity contribution < 1.29 is 9.50 Å². The number of nitrogens with zero attached hydrogens (tertiary/aromatic N) is 1. The summed E-state index contributed by atoms with van der Waals surface area (Å²) >= 11 is 0. The monoisotopic (exact) mass is 273 g/mol. The molecule has 3 heteroatoms. The largest absolute Gasteiger partial charge is 0.391 e. The highest BCUT2D eigenvalue weighted by molar-refractivity contribution is 5.55. The first kappa shape index (κ1) is 14.5. The van der Waals surface area contributed by atoms with Gasteiger partial charge in [-0.3, -0.25) is 0 Å². The Bertz CT molecular complexity index is 554. The maximum absolute atomic E-state index is 13.8. The maximum atomic E-state index is 13.8. The first-order valence-electron chi connectivity index (χ1n) is 6.82. The molecule has 0 bridgehead atoms. The Morgan fingerprint density at radius 3 is 2.35 bits per heavy atom. The molecular formula is C17H20FNO. The van der Waals surface area contributed by atoms with E-state index in [9.17, 15) is 9.50 Å². The average molecular weight is 273 g/mol. The van der Waals surface area contributed by atoms with Crippen molar-refractivity contribution in [2.24, 2.45) is 0 Å². The van der Waals surface area contributed by atoms with Gasteiger partial charge in [0.1, 0.15) is 5.82 Å². The van der Waals surface area contributed by atoms with Crippen LogP contribution in [0.3, 0.4) is 0 Å². The summed E-state index contributed by atoms with van der Waals surface area (Å²) in [7, 11) is 0. The van der Waals surface area contributed by atoms with Gasteiger partial charge in [-0.25, -0.2) is 4.39 Å². The molecule has 2 aromatic carbocycles. The molecular weight excluding hydrogens is 253 g/mol. The van der Waals surface area contributed by atoms with Gasteiger partial charge in [-0.1, -0.05) is 36.4 Å². The Balaban J connectivity index is 2.37. The van der Waals surface area contributed by atoms with Crippen LogP contribution in [-0.2, 0) is 13.2 Å². The summed E-state index contributed by atoms with van der Waals surface area (Å²) < 4.78 is 13.8. The smallest absolute Gasteiger partial charge is 0.130 e. The standard InChI is InChI=1S/C17H20FNO/c1-13(2)19(11-14-7-4-3-5-8-14)17-10-6-9-16(18)15(17)12-20/h3-10,13,20H,11-12H2,1-2H3. The molecule has 0 aromatic heterocycles. The SMILES string of the molecule is CC(C)N(Cc1ccccc1)c1cccc(F)c1CO. The summed E-state index contributed by atoms with van der Waals surface area (Å²) in [5.41, 5.74) is 2.28. The van der Waals surface area contributed by atoms with Crippen molar-refractivity contribution in [1.82, 2.24) is 0 Å². The van der Waals surface area contributed by atoms with Gasteiger partial charge in [-0.05, 0) is 31.5 Å². The number of benzene rings is 2. The molecule has 0 saturated carbocycles. The third kappa shape index (κ3) is 3.17. The Morgan fingerprint density at radius 2 is 1.75 bits per heavy atom. The van der Waals surface area contributed by atoms with Gasteiger partial charge in [0.15, 0.2) is 0 Å². The Hall–Kier alpha value is -1.87. The topological polar surface area (TPSA) is 23.5 Å². The van der Waals surface area contributed by atoms with Gasteiger partial charge in [0.25, 0.3) is 0 Å². The van der Waals surface area contributed by atoms with Gasteiger partial charge in [-0.15, -0.1) is 0 Å². The van der Waals surface area contributed by atoms with Crippen LogP contribution >= 0.6 is 0 Å². The highest BCUT2D eigenvalue weighted by Crippen LogP contribution is 2.26. The molecule has 0 spiro atoms. The number of hydrogen-bond donors (Lipinski definition) is 1. The quantitative estimate of drug-likeness (QED) is 0.897. The minimum absolute atomic E-state index is 0.210. The van der Waals surface area contributed by atoms with Crippen molar-refractivity contribution in [3.05, 3.63) is 65.5 Å². The summed E-state index contributed by atoms with van der Waals surface area (Å²) in [5, 5.41) is 9.43. The van der Waals surface area contributed by atoms with Crippen LogP contribution in [0.25, 0.3) is 0 Å². The molecule has 0 aliphatic heterocycles. The summed E-state index contributed by atoms with van der Waals surface area (Å²) in [4.78, 5) is 2.10. The molecule has 0 unspecified atom stereocenters. The maximum Gasteiger partial charge on any atom is 0.130 e. The minimum atomic E-state index is -0.358. The molecule has 0 aliphatic rings. The van der Waals surface area contributed by atoms with Crippen LogP contribution in [0.2, 0.25) is 0 Å². The molecule has 0 heterocycles. The van der Waals surface area contributed by atoms with Crippen LogP contribution in [0.1, 0.15) is 25.0 Å². The molecule has 0 fully saturated rings. The number of anilines is 1. The normalized spacial score (nSPS) is 10.8. The first-order valence-corrected chi connectivity index (χ1v) is 6.82. The molecule has 2 rings (SSSR count). The van der Waals surface area contributed by atoms with E-state index in [2.05, 4.69) is 18.7 Å². The lowest BCUT2D eigenvalue weighted by molar-refractivity contribution is 0.275. The van der Waals surface area contributed by atoms with E-state index in [0.29, 0.717) is 12.1 Å². The predicted octanol–water partition coefficient (Wildman–Crippen LogP) is 3.73. The highest BCUT2D eigenvalue weighted by Gasteiger charge is 2.17. The van der Waals surface area contributed by atoms with Gasteiger partial charge in [0, 0.05) is 23.8 Å². The lowest BCUT2D eigenvalue weighted by Gasteiger charge is -2.31. The van der Waals surface area contributed by atoms with Gasteiger partial charge in [0.05, 0.1) is 6.61 Å². The Labute approximate surface area is 119 Å². The van der Waals surface area contributed by atoms with Crippen molar-refractivity contribution in [3.63, 3.8) is 0 Å². The summed E-state index contributed by atoms with van der Waals surface area (Å²) in [6.45, 7) is 4.53. The lowest BCUT2D eigenvalue weighted by Crippen LogP contribution is -2.31. The van der Waals surface area contributed by atoms with E-state index >= 15 is 0 Å². The summed E-state index contributed by atoms with van der Waals surface area (Å²) in [5.74, 6) is -0.358. The van der Waals surface area contributed by atoms with Crippen LogP contribution in [-0.4, -0.2) is 11.1 Å². The molecule has 2 nitrogen and oxygen atoms in total. The fraction of sp³-hybridized carbons (Fsp3) is 0.294. The second-order valence-corrected chi connectivity index (χ2v) is 5.10. The third-order valence-corrected chi connectivity index (χ3v) is 3.38. The molecule has 20 heavy (non-hydrogen) atoms. The van der Waals surface area contributed by atoms with Crippen LogP contribution in [0.15, 0.2) is 48.5 Å². The van der Waals surface area contributed by atoms with Crippen LogP contribution < -0.4 is 4.90 Å². The van der Waals surface area contributed by atoms with Crippen LogP contribution in [0, 0.1) is 5.82 Å². The van der Waals surface area contributed by atoms with E-state index < -0.39 is 0 Å². The number of rotatable bonds is 5. The molecule has 0 amide bonds. The average Bonchev–Trinajstić information content (AvgIpc) is 2.45. The second kappa shape index (κ2) is 6.53. The highest BCUT2D eigenvalue weighted by atomic mass is 19.1. The van der Waals surface area contributed by atoms with Crippen molar-refractivity contribution in [2.75, 3.05) is 4.90 Å². The minimum Gasteiger partial charge on any atom is -0.391 e. The van der Waals surface area contributed by atoms with Gasteiger partial charge in [0.2, 0.25) is 0 Å². The van der Waals surface area contributed by atoms with E-state index in [1.54, 1.807) is 6.07 Å². The van der Waals surface area contributed by atoms with E-state index in [1.807, 2.05) is 36.4 Å². The predicted molar refractivity (Wildman–Crippen MR) is 80.1 cm³/mol. The fourth-order valence-corrected chi connectivity index (χ4v) is 2.30. The molecule has 0 atom stereocenters. The zero-order chi connectivity index (χ0) is 14.5. The van der Waals surface area contributed by atoms with Crippen molar-refractivity contribution >= 4 is 5.69 Å². The Morgan fingerprint density at radius 1 is 1.05 bits per heavy atom. The molecule has 0 saturated heterocycles. The Kier molecular flexibility index (Phi) is 4.74. The molecule has 2 aromatic rings. The van der Waals surface area contributed by atoms with Crippen LogP contribution in [0.5, 0.6) is 0 Å².